The first-order valence-corrected chi connectivity index (χ1v) is 8.65. The fourth-order valence-corrected chi connectivity index (χ4v) is 2.93. The monoisotopic (exact) mass is 371 g/mol. The standard InChI is InChI=1S/C20H22N2O5/c1-13-4-6-15(20(24)25-3)9-16(13)21-19(23)11-22(2)10-14-5-7-17-18(8-14)27-12-26-17/h4-9H,10-12H2,1-3H3,(H,21,23)/p+1. The van der Waals surface area contributed by atoms with Gasteiger partial charge in [0.15, 0.2) is 18.0 Å². The Balaban J connectivity index is 1.59. The molecule has 7 heteroatoms. The van der Waals surface area contributed by atoms with Crippen molar-refractivity contribution in [2.45, 2.75) is 13.5 Å². The fraction of sp³-hybridized carbons (Fsp3) is 0.300. The van der Waals surface area contributed by atoms with E-state index < -0.39 is 5.97 Å². The normalized spacial score (nSPS) is 13.1. The van der Waals surface area contributed by atoms with E-state index in [0.29, 0.717) is 17.8 Å². The summed E-state index contributed by atoms with van der Waals surface area (Å²) in [6.07, 6.45) is 0. The number of fused-ring (bicyclic) bond motifs is 1. The Morgan fingerprint density at radius 2 is 1.93 bits per heavy atom. The Bertz CT molecular complexity index is 865. The zero-order valence-electron chi connectivity index (χ0n) is 15.6. The lowest BCUT2D eigenvalue weighted by atomic mass is 10.1. The number of methoxy groups -OCH3 is 1. The highest BCUT2D eigenvalue weighted by Gasteiger charge is 2.17. The Morgan fingerprint density at radius 3 is 2.70 bits per heavy atom. The predicted molar refractivity (Wildman–Crippen MR) is 99.2 cm³/mol. The van der Waals surface area contributed by atoms with Crippen LogP contribution in [0.1, 0.15) is 21.5 Å². The summed E-state index contributed by atoms with van der Waals surface area (Å²) >= 11 is 0. The number of hydrogen-bond donors (Lipinski definition) is 2. The first kappa shape index (κ1) is 18.7. The van der Waals surface area contributed by atoms with Gasteiger partial charge >= 0.3 is 5.97 Å². The quantitative estimate of drug-likeness (QED) is 0.746. The predicted octanol–water partition coefficient (Wildman–Crippen LogP) is 1.16. The lowest BCUT2D eigenvalue weighted by molar-refractivity contribution is -0.885. The summed E-state index contributed by atoms with van der Waals surface area (Å²) < 4.78 is 15.4. The number of esters is 1. The molecule has 0 saturated heterocycles. The van der Waals surface area contributed by atoms with Crippen LogP contribution in [0.15, 0.2) is 36.4 Å². The molecule has 0 fully saturated rings. The number of carbonyl (C=O) groups is 2. The van der Waals surface area contributed by atoms with Gasteiger partial charge in [0.25, 0.3) is 5.91 Å². The van der Waals surface area contributed by atoms with Crippen molar-refractivity contribution >= 4 is 17.6 Å². The van der Waals surface area contributed by atoms with Crippen LogP contribution >= 0.6 is 0 Å². The number of amides is 1. The Hall–Kier alpha value is -3.06. The highest BCUT2D eigenvalue weighted by Crippen LogP contribution is 2.32. The molecule has 27 heavy (non-hydrogen) atoms. The van der Waals surface area contributed by atoms with Crippen LogP contribution in [0.2, 0.25) is 0 Å². The number of anilines is 1. The molecule has 1 atom stereocenters. The van der Waals surface area contributed by atoms with Gasteiger partial charge in [-0.25, -0.2) is 4.79 Å². The molecule has 0 saturated carbocycles. The van der Waals surface area contributed by atoms with Crippen molar-refractivity contribution in [1.82, 2.24) is 0 Å². The number of carbonyl (C=O) groups excluding carboxylic acids is 2. The van der Waals surface area contributed by atoms with Crippen molar-refractivity contribution in [2.24, 2.45) is 0 Å². The smallest absolute Gasteiger partial charge is 0.337 e. The molecule has 1 amide bonds. The summed E-state index contributed by atoms with van der Waals surface area (Å²) in [4.78, 5) is 25.1. The van der Waals surface area contributed by atoms with E-state index in [1.807, 2.05) is 32.2 Å². The Labute approximate surface area is 157 Å². The molecule has 2 aromatic carbocycles. The highest BCUT2D eigenvalue weighted by molar-refractivity contribution is 5.95. The number of ether oxygens (including phenoxy) is 3. The number of aryl methyl sites for hydroxylation is 1. The molecule has 0 spiro atoms. The zero-order valence-corrected chi connectivity index (χ0v) is 15.6. The van der Waals surface area contributed by atoms with Gasteiger partial charge in [-0.2, -0.15) is 0 Å². The van der Waals surface area contributed by atoms with Crippen LogP contribution in [0.3, 0.4) is 0 Å². The molecule has 3 rings (SSSR count). The highest BCUT2D eigenvalue weighted by atomic mass is 16.7. The molecule has 1 aliphatic rings. The number of benzene rings is 2. The van der Waals surface area contributed by atoms with Gasteiger partial charge in [-0.05, 0) is 42.8 Å². The molecule has 0 bridgehead atoms. The van der Waals surface area contributed by atoms with Crippen LogP contribution in [0.25, 0.3) is 0 Å². The van der Waals surface area contributed by atoms with Crippen molar-refractivity contribution in [2.75, 3.05) is 32.8 Å². The van der Waals surface area contributed by atoms with Gasteiger partial charge in [-0.1, -0.05) is 6.07 Å². The fourth-order valence-electron chi connectivity index (χ4n) is 2.93. The summed E-state index contributed by atoms with van der Waals surface area (Å²) in [6, 6.07) is 10.9. The van der Waals surface area contributed by atoms with Gasteiger partial charge in [0.2, 0.25) is 6.79 Å². The number of rotatable bonds is 6. The average Bonchev–Trinajstić information content (AvgIpc) is 3.10. The zero-order chi connectivity index (χ0) is 19.4. The van der Waals surface area contributed by atoms with E-state index in [2.05, 4.69) is 5.32 Å². The number of nitrogens with one attached hydrogen (secondary N) is 2. The van der Waals surface area contributed by atoms with Crippen LogP contribution in [0.5, 0.6) is 11.5 Å². The molecule has 0 radical (unpaired) electrons. The molecule has 2 aromatic rings. The van der Waals surface area contributed by atoms with Crippen molar-refractivity contribution in [1.29, 1.82) is 0 Å². The molecule has 142 valence electrons. The molecule has 1 unspecified atom stereocenters. The average molecular weight is 371 g/mol. The van der Waals surface area contributed by atoms with Crippen LogP contribution in [0.4, 0.5) is 5.69 Å². The second-order valence-corrected chi connectivity index (χ2v) is 6.57. The third-order valence-electron chi connectivity index (χ3n) is 4.34. The van der Waals surface area contributed by atoms with Gasteiger partial charge in [0.1, 0.15) is 6.54 Å². The Kier molecular flexibility index (Phi) is 5.61. The Morgan fingerprint density at radius 1 is 1.15 bits per heavy atom. The van der Waals surface area contributed by atoms with Crippen molar-refractivity contribution in [3.05, 3.63) is 53.1 Å². The second kappa shape index (κ2) is 8.09. The van der Waals surface area contributed by atoms with Crippen LogP contribution in [-0.4, -0.2) is 39.4 Å². The summed E-state index contributed by atoms with van der Waals surface area (Å²) in [5.74, 6) is 0.921. The van der Waals surface area contributed by atoms with Gasteiger partial charge in [0.05, 0.1) is 19.7 Å². The third kappa shape index (κ3) is 4.57. The number of quaternary nitrogens is 1. The summed E-state index contributed by atoms with van der Waals surface area (Å²) in [5, 5.41) is 2.88. The molecular weight excluding hydrogens is 348 g/mol. The SMILES string of the molecule is COC(=O)c1ccc(C)c(NC(=O)C[NH+](C)Cc2ccc3c(c2)OCO3)c1. The molecule has 7 nitrogen and oxygen atoms in total. The minimum Gasteiger partial charge on any atom is -0.465 e. The lowest BCUT2D eigenvalue weighted by Gasteiger charge is -2.15. The van der Waals surface area contributed by atoms with E-state index in [9.17, 15) is 9.59 Å². The second-order valence-electron chi connectivity index (χ2n) is 6.57. The molecular formula is C20H23N2O5+. The minimum atomic E-state index is -0.434. The van der Waals surface area contributed by atoms with E-state index in [-0.39, 0.29) is 19.2 Å². The first-order chi connectivity index (χ1) is 13.0. The van der Waals surface area contributed by atoms with Crippen molar-refractivity contribution in [3.63, 3.8) is 0 Å². The van der Waals surface area contributed by atoms with Gasteiger partial charge in [-0.15, -0.1) is 0 Å². The maximum atomic E-state index is 12.4. The number of hydrogen-bond acceptors (Lipinski definition) is 5. The van der Waals surface area contributed by atoms with Crippen LogP contribution < -0.4 is 19.7 Å². The number of likely N-dealkylation sites (N-methyl/N-ethyl adjacent to an activating group) is 1. The van der Waals surface area contributed by atoms with Crippen LogP contribution in [0, 0.1) is 6.92 Å². The molecule has 1 heterocycles. The molecule has 1 aliphatic heterocycles. The minimum absolute atomic E-state index is 0.127. The molecule has 2 N–H and O–H groups in total. The molecule has 0 aliphatic carbocycles. The first-order valence-electron chi connectivity index (χ1n) is 8.65. The van der Waals surface area contributed by atoms with Gasteiger partial charge in [0, 0.05) is 11.3 Å². The van der Waals surface area contributed by atoms with E-state index in [1.165, 1.54) is 7.11 Å². The van der Waals surface area contributed by atoms with Crippen LogP contribution in [-0.2, 0) is 16.1 Å². The van der Waals surface area contributed by atoms with E-state index in [4.69, 9.17) is 14.2 Å². The van der Waals surface area contributed by atoms with Crippen molar-refractivity contribution < 1.29 is 28.7 Å². The van der Waals surface area contributed by atoms with E-state index >= 15 is 0 Å². The summed E-state index contributed by atoms with van der Waals surface area (Å²) in [6.45, 7) is 3.08. The van der Waals surface area contributed by atoms with Crippen molar-refractivity contribution in [3.8, 4) is 11.5 Å². The summed E-state index contributed by atoms with van der Waals surface area (Å²) in [5.41, 5.74) is 2.95. The molecule has 0 aromatic heterocycles. The van der Waals surface area contributed by atoms with E-state index in [1.54, 1.807) is 18.2 Å². The van der Waals surface area contributed by atoms with Gasteiger partial charge in [-0.3, -0.25) is 4.79 Å². The summed E-state index contributed by atoms with van der Waals surface area (Å²) in [7, 11) is 3.27. The third-order valence-corrected chi connectivity index (χ3v) is 4.34. The maximum absolute atomic E-state index is 12.4. The largest absolute Gasteiger partial charge is 0.465 e. The lowest BCUT2D eigenvalue weighted by Crippen LogP contribution is -3.08. The maximum Gasteiger partial charge on any atom is 0.337 e. The van der Waals surface area contributed by atoms with Gasteiger partial charge < -0.3 is 24.4 Å². The topological polar surface area (TPSA) is 78.3 Å². The van der Waals surface area contributed by atoms with E-state index in [0.717, 1.165) is 27.5 Å².